The van der Waals surface area contributed by atoms with Crippen molar-refractivity contribution in [2.75, 3.05) is 12.9 Å². The lowest BCUT2D eigenvalue weighted by molar-refractivity contribution is 0.203. The zero-order valence-corrected chi connectivity index (χ0v) is 11.1. The Morgan fingerprint density at radius 2 is 2.24 bits per heavy atom. The normalized spacial score (nSPS) is 12.4. The lowest BCUT2D eigenvalue weighted by Crippen LogP contribution is -2.00. The van der Waals surface area contributed by atoms with E-state index in [1.807, 2.05) is 35.7 Å². The van der Waals surface area contributed by atoms with E-state index in [9.17, 15) is 5.11 Å². The summed E-state index contributed by atoms with van der Waals surface area (Å²) in [6, 6.07) is 11.6. The highest BCUT2D eigenvalue weighted by Crippen LogP contribution is 2.29. The van der Waals surface area contributed by atoms with Gasteiger partial charge in [-0.05, 0) is 29.1 Å². The first-order valence-corrected chi connectivity index (χ1v) is 7.14. The van der Waals surface area contributed by atoms with Crippen molar-refractivity contribution in [2.24, 2.45) is 0 Å². The molecule has 2 rings (SSSR count). The molecule has 1 heterocycles. The Kier molecular flexibility index (Phi) is 4.48. The van der Waals surface area contributed by atoms with Crippen LogP contribution in [0, 0.1) is 0 Å². The number of ether oxygens (including phenoxy) is 1. The molecule has 0 radical (unpaired) electrons. The van der Waals surface area contributed by atoms with Gasteiger partial charge in [-0.25, -0.2) is 0 Å². The van der Waals surface area contributed by atoms with Gasteiger partial charge in [0.25, 0.3) is 0 Å². The molecular weight excluding hydrogens is 252 g/mol. The minimum absolute atomic E-state index is 0.461. The Morgan fingerprint density at radius 1 is 1.35 bits per heavy atom. The topological polar surface area (TPSA) is 29.5 Å². The number of aliphatic hydroxyl groups is 1. The Bertz CT molecular complexity index is 454. The van der Waals surface area contributed by atoms with Crippen LogP contribution in [-0.4, -0.2) is 18.0 Å². The quantitative estimate of drug-likeness (QED) is 0.839. The molecule has 4 heteroatoms. The number of rotatable bonds is 5. The van der Waals surface area contributed by atoms with Gasteiger partial charge in [0.1, 0.15) is 5.75 Å². The maximum Gasteiger partial charge on any atom is 0.119 e. The fourth-order valence-electron chi connectivity index (χ4n) is 1.45. The third-order valence-corrected chi connectivity index (χ3v) is 4.56. The van der Waals surface area contributed by atoms with Crippen LogP contribution in [0.5, 0.6) is 5.75 Å². The fourth-order valence-corrected chi connectivity index (χ4v) is 3.23. The van der Waals surface area contributed by atoms with Gasteiger partial charge in [-0.15, -0.1) is 23.1 Å². The molecule has 0 saturated carbocycles. The summed E-state index contributed by atoms with van der Waals surface area (Å²) in [4.78, 5) is 0. The summed E-state index contributed by atoms with van der Waals surface area (Å²) in [6.45, 7) is 0. The fraction of sp³-hybridized carbons (Fsp3) is 0.231. The summed E-state index contributed by atoms with van der Waals surface area (Å²) in [7, 11) is 1.63. The van der Waals surface area contributed by atoms with Crippen molar-refractivity contribution in [1.82, 2.24) is 0 Å². The van der Waals surface area contributed by atoms with Crippen LogP contribution in [0.1, 0.15) is 11.7 Å². The zero-order chi connectivity index (χ0) is 12.1. The average Bonchev–Trinajstić information content (AvgIpc) is 2.89. The van der Waals surface area contributed by atoms with Crippen LogP contribution in [0.4, 0.5) is 0 Å². The molecule has 0 aliphatic heterocycles. The maximum absolute atomic E-state index is 10.1. The van der Waals surface area contributed by atoms with Crippen LogP contribution in [0.2, 0.25) is 0 Å². The van der Waals surface area contributed by atoms with E-state index in [1.54, 1.807) is 30.2 Å². The van der Waals surface area contributed by atoms with Gasteiger partial charge in [0.2, 0.25) is 0 Å². The lowest BCUT2D eigenvalue weighted by atomic mass is 10.1. The molecule has 0 aliphatic carbocycles. The third kappa shape index (κ3) is 3.49. The predicted octanol–water partition coefficient (Wildman–Crippen LogP) is 3.58. The van der Waals surface area contributed by atoms with Crippen LogP contribution in [-0.2, 0) is 0 Å². The largest absolute Gasteiger partial charge is 0.497 e. The molecule has 1 unspecified atom stereocenters. The summed E-state index contributed by atoms with van der Waals surface area (Å²) < 4.78 is 6.37. The van der Waals surface area contributed by atoms with Gasteiger partial charge in [0, 0.05) is 5.75 Å². The zero-order valence-electron chi connectivity index (χ0n) is 9.50. The standard InChI is InChI=1S/C13H14O2S2/c1-15-11-5-2-4-10(8-11)12(14)9-17-13-6-3-7-16-13/h2-8,12,14H,9H2,1H3. The Labute approximate surface area is 109 Å². The van der Waals surface area contributed by atoms with Crippen LogP contribution >= 0.6 is 23.1 Å². The highest BCUT2D eigenvalue weighted by Gasteiger charge is 2.09. The van der Waals surface area contributed by atoms with Gasteiger partial charge in [0.05, 0.1) is 17.4 Å². The molecule has 1 aromatic carbocycles. The second-order valence-corrected chi connectivity index (χ2v) is 5.80. The monoisotopic (exact) mass is 266 g/mol. The molecule has 90 valence electrons. The van der Waals surface area contributed by atoms with Gasteiger partial charge in [-0.1, -0.05) is 18.2 Å². The highest BCUT2D eigenvalue weighted by atomic mass is 32.2. The van der Waals surface area contributed by atoms with Crippen molar-refractivity contribution in [2.45, 2.75) is 10.3 Å². The molecule has 0 saturated heterocycles. The summed E-state index contributed by atoms with van der Waals surface area (Å²) in [5.74, 6) is 1.44. The molecule has 1 aromatic heterocycles. The molecule has 0 spiro atoms. The minimum Gasteiger partial charge on any atom is -0.497 e. The third-order valence-electron chi connectivity index (χ3n) is 2.36. The summed E-state index contributed by atoms with van der Waals surface area (Å²) in [6.07, 6.45) is -0.461. The minimum atomic E-state index is -0.461. The smallest absolute Gasteiger partial charge is 0.119 e. The molecule has 1 atom stereocenters. The first-order chi connectivity index (χ1) is 8.29. The van der Waals surface area contributed by atoms with Gasteiger partial charge >= 0.3 is 0 Å². The lowest BCUT2D eigenvalue weighted by Gasteiger charge is -2.11. The molecule has 0 bridgehead atoms. The van der Waals surface area contributed by atoms with E-state index in [-0.39, 0.29) is 0 Å². The van der Waals surface area contributed by atoms with E-state index < -0.39 is 6.10 Å². The molecule has 0 fully saturated rings. The van der Waals surface area contributed by atoms with Crippen molar-refractivity contribution < 1.29 is 9.84 Å². The Hall–Kier alpha value is -0.970. The van der Waals surface area contributed by atoms with E-state index in [0.717, 1.165) is 11.3 Å². The first kappa shape index (κ1) is 12.5. The van der Waals surface area contributed by atoms with E-state index >= 15 is 0 Å². The second kappa shape index (κ2) is 6.10. The van der Waals surface area contributed by atoms with Gasteiger partial charge in [0.15, 0.2) is 0 Å². The molecular formula is C13H14O2S2. The second-order valence-electron chi connectivity index (χ2n) is 3.54. The number of hydrogen-bond donors (Lipinski definition) is 1. The summed E-state index contributed by atoms with van der Waals surface area (Å²) in [5, 5.41) is 12.1. The van der Waals surface area contributed by atoms with Crippen molar-refractivity contribution in [1.29, 1.82) is 0 Å². The van der Waals surface area contributed by atoms with Crippen molar-refractivity contribution >= 4 is 23.1 Å². The van der Waals surface area contributed by atoms with Gasteiger partial charge in [-0.2, -0.15) is 0 Å². The summed E-state index contributed by atoms with van der Waals surface area (Å²) >= 11 is 3.37. The van der Waals surface area contributed by atoms with Crippen LogP contribution in [0.3, 0.4) is 0 Å². The van der Waals surface area contributed by atoms with E-state index in [2.05, 4.69) is 6.07 Å². The van der Waals surface area contributed by atoms with Crippen LogP contribution in [0.15, 0.2) is 46.0 Å². The van der Waals surface area contributed by atoms with Crippen molar-refractivity contribution in [3.8, 4) is 5.75 Å². The van der Waals surface area contributed by atoms with E-state index in [4.69, 9.17) is 4.74 Å². The van der Waals surface area contributed by atoms with E-state index in [0.29, 0.717) is 5.75 Å². The first-order valence-electron chi connectivity index (χ1n) is 5.28. The van der Waals surface area contributed by atoms with Gasteiger partial charge in [-0.3, -0.25) is 0 Å². The number of benzene rings is 1. The maximum atomic E-state index is 10.1. The number of methoxy groups -OCH3 is 1. The Morgan fingerprint density at radius 3 is 2.94 bits per heavy atom. The molecule has 2 aromatic rings. The average molecular weight is 266 g/mol. The van der Waals surface area contributed by atoms with Crippen LogP contribution < -0.4 is 4.74 Å². The van der Waals surface area contributed by atoms with Crippen molar-refractivity contribution in [3.63, 3.8) is 0 Å². The number of hydrogen-bond acceptors (Lipinski definition) is 4. The highest BCUT2D eigenvalue weighted by molar-refractivity contribution is 8.01. The summed E-state index contributed by atoms with van der Waals surface area (Å²) in [5.41, 5.74) is 0.897. The Balaban J connectivity index is 1.96. The number of aliphatic hydroxyl groups excluding tert-OH is 1. The van der Waals surface area contributed by atoms with E-state index in [1.165, 1.54) is 4.21 Å². The molecule has 2 nitrogen and oxygen atoms in total. The molecule has 17 heavy (non-hydrogen) atoms. The molecule has 1 N–H and O–H groups in total. The predicted molar refractivity (Wildman–Crippen MR) is 73.0 cm³/mol. The SMILES string of the molecule is COc1cccc(C(O)CSc2cccs2)c1. The van der Waals surface area contributed by atoms with Crippen LogP contribution in [0.25, 0.3) is 0 Å². The molecule has 0 amide bonds. The molecule has 0 aliphatic rings. The number of thioether (sulfide) groups is 1. The van der Waals surface area contributed by atoms with Gasteiger partial charge < -0.3 is 9.84 Å². The number of thiophene rings is 1. The van der Waals surface area contributed by atoms with Crippen molar-refractivity contribution in [3.05, 3.63) is 47.3 Å².